The lowest BCUT2D eigenvalue weighted by molar-refractivity contribution is -0.333. The molecule has 14 atom stereocenters. The summed E-state index contributed by atoms with van der Waals surface area (Å²) < 4.78 is 16.7. The van der Waals surface area contributed by atoms with E-state index in [1.807, 2.05) is 6.92 Å². The molecular weight excluding hydrogens is 524 g/mol. The van der Waals surface area contributed by atoms with Crippen molar-refractivity contribution in [3.63, 3.8) is 0 Å². The lowest BCUT2D eigenvalue weighted by atomic mass is 9.41. The Morgan fingerprint density at radius 2 is 1.70 bits per heavy atom. The summed E-state index contributed by atoms with van der Waals surface area (Å²) in [6.07, 6.45) is -3.18. The van der Waals surface area contributed by atoms with E-state index in [0.717, 1.165) is 18.4 Å². The SMILES string of the molecule is C[C@]12[C@H](O)C[C@@H](O[C@H]3O[C@@H](CO)[C@H](O)[C@@H](O)[C@@H]3O)C[C@]1(O)CC[C@H]1[C@@H]2CC[C@]2(C)[C@@H](C3=CC(=O)OC3)CC[C@]12O. The molecule has 4 aliphatic carbocycles. The molecule has 0 aromatic heterocycles. The minimum atomic E-state index is -1.58. The highest BCUT2D eigenvalue weighted by atomic mass is 16.7. The van der Waals surface area contributed by atoms with E-state index >= 15 is 0 Å². The molecule has 11 heteroatoms. The predicted molar refractivity (Wildman–Crippen MR) is 137 cm³/mol. The largest absolute Gasteiger partial charge is 0.458 e. The van der Waals surface area contributed by atoms with Gasteiger partial charge in [0.25, 0.3) is 0 Å². The molecule has 0 amide bonds. The number of hydrogen-bond acceptors (Lipinski definition) is 11. The zero-order valence-corrected chi connectivity index (χ0v) is 23.2. The first-order chi connectivity index (χ1) is 18.8. The third-order valence-electron chi connectivity index (χ3n) is 12.3. The number of rotatable bonds is 4. The highest BCUT2D eigenvalue weighted by Gasteiger charge is 2.72. The molecule has 7 N–H and O–H groups in total. The van der Waals surface area contributed by atoms with Gasteiger partial charge in [-0.05, 0) is 61.9 Å². The lowest BCUT2D eigenvalue weighted by Crippen LogP contribution is -2.71. The topological polar surface area (TPSA) is 186 Å². The number of cyclic esters (lactones) is 1. The van der Waals surface area contributed by atoms with Crippen molar-refractivity contribution in [2.45, 2.75) is 119 Å². The summed E-state index contributed by atoms with van der Waals surface area (Å²) >= 11 is 0. The third-order valence-corrected chi connectivity index (χ3v) is 12.3. The van der Waals surface area contributed by atoms with E-state index in [-0.39, 0.29) is 43.2 Å². The summed E-state index contributed by atoms with van der Waals surface area (Å²) in [4.78, 5) is 11.8. The fraction of sp³-hybridized carbons (Fsp3) is 0.897. The molecule has 11 nitrogen and oxygen atoms in total. The van der Waals surface area contributed by atoms with Gasteiger partial charge in [-0.2, -0.15) is 0 Å². The smallest absolute Gasteiger partial charge is 0.331 e. The number of carbonyl (C=O) groups excluding carboxylic acids is 1. The Morgan fingerprint density at radius 3 is 2.38 bits per heavy atom. The first-order valence-electron chi connectivity index (χ1n) is 14.7. The van der Waals surface area contributed by atoms with E-state index in [2.05, 4.69) is 6.92 Å². The zero-order valence-electron chi connectivity index (χ0n) is 23.2. The van der Waals surface area contributed by atoms with Crippen molar-refractivity contribution in [1.82, 2.24) is 0 Å². The second-order valence-electron chi connectivity index (χ2n) is 13.8. The van der Waals surface area contributed by atoms with Crippen molar-refractivity contribution >= 4 is 5.97 Å². The Morgan fingerprint density at radius 1 is 0.975 bits per heavy atom. The predicted octanol–water partition coefficient (Wildman–Crippen LogP) is -0.486. The molecule has 5 fully saturated rings. The Balaban J connectivity index is 1.22. The van der Waals surface area contributed by atoms with E-state index in [0.29, 0.717) is 25.7 Å². The van der Waals surface area contributed by atoms with Crippen LogP contribution in [-0.4, -0.2) is 109 Å². The Hall–Kier alpha value is -1.15. The monoisotopic (exact) mass is 568 g/mol. The molecule has 0 aromatic rings. The number of hydrogen-bond donors (Lipinski definition) is 7. The first kappa shape index (κ1) is 28.9. The number of aliphatic hydroxyl groups is 7. The van der Waals surface area contributed by atoms with Gasteiger partial charge in [0, 0.05) is 29.7 Å². The highest BCUT2D eigenvalue weighted by molar-refractivity contribution is 5.85. The fourth-order valence-corrected chi connectivity index (χ4v) is 9.92. The molecule has 2 heterocycles. The Bertz CT molecular complexity index is 1050. The van der Waals surface area contributed by atoms with Crippen LogP contribution in [0, 0.1) is 28.6 Å². The van der Waals surface area contributed by atoms with Crippen LogP contribution in [0.15, 0.2) is 11.6 Å². The van der Waals surface area contributed by atoms with Crippen LogP contribution in [0.1, 0.15) is 65.2 Å². The molecule has 0 aromatic carbocycles. The molecule has 6 rings (SSSR count). The van der Waals surface area contributed by atoms with Crippen molar-refractivity contribution in [2.75, 3.05) is 13.2 Å². The van der Waals surface area contributed by atoms with Gasteiger partial charge in [0.05, 0.1) is 30.0 Å². The van der Waals surface area contributed by atoms with Crippen LogP contribution < -0.4 is 0 Å². The number of ether oxygens (including phenoxy) is 3. The van der Waals surface area contributed by atoms with Gasteiger partial charge in [0.1, 0.15) is 31.0 Å². The summed E-state index contributed by atoms with van der Waals surface area (Å²) in [7, 11) is 0. The Labute approximate surface area is 233 Å². The van der Waals surface area contributed by atoms with Gasteiger partial charge in [0.2, 0.25) is 0 Å². The summed E-state index contributed by atoms with van der Waals surface area (Å²) in [6.45, 7) is 3.74. The minimum Gasteiger partial charge on any atom is -0.458 e. The summed E-state index contributed by atoms with van der Waals surface area (Å²) in [5.41, 5.74) is -2.70. The molecule has 0 spiro atoms. The second-order valence-corrected chi connectivity index (χ2v) is 13.8. The van der Waals surface area contributed by atoms with Crippen molar-refractivity contribution in [3.8, 4) is 0 Å². The van der Waals surface area contributed by atoms with Crippen LogP contribution in [0.2, 0.25) is 0 Å². The second kappa shape index (κ2) is 9.68. The van der Waals surface area contributed by atoms with Crippen molar-refractivity contribution < 1.29 is 54.8 Å². The number of esters is 1. The van der Waals surface area contributed by atoms with Crippen LogP contribution in [0.25, 0.3) is 0 Å². The number of carbonyl (C=O) groups is 1. The molecular formula is C29H44O11. The first-order valence-corrected chi connectivity index (χ1v) is 14.7. The molecule has 6 aliphatic rings. The van der Waals surface area contributed by atoms with Crippen LogP contribution in [-0.2, 0) is 19.0 Å². The van der Waals surface area contributed by atoms with Crippen LogP contribution in [0.3, 0.4) is 0 Å². The van der Waals surface area contributed by atoms with E-state index < -0.39 is 71.6 Å². The van der Waals surface area contributed by atoms with Gasteiger partial charge < -0.3 is 50.0 Å². The van der Waals surface area contributed by atoms with E-state index in [1.165, 1.54) is 0 Å². The number of aliphatic hydroxyl groups excluding tert-OH is 5. The van der Waals surface area contributed by atoms with E-state index in [1.54, 1.807) is 6.08 Å². The standard InChI is InChI=1S/C29H44O11/c1-26-6-3-17-18(29(26,37)8-5-16(26)14-9-21(32)38-13-14)4-7-28(36)11-15(10-20(31)27(17,28)2)39-25-24(35)23(34)22(33)19(12-30)40-25/h9,15-20,22-25,30-31,33-37H,3-8,10-13H2,1-2H3/t15-,16-,17+,18+,19+,20-,22+,23-,24+,25+,26-,27+,28-,29+/m1/s1. The zero-order chi connectivity index (χ0) is 28.8. The van der Waals surface area contributed by atoms with Gasteiger partial charge in [-0.15, -0.1) is 0 Å². The molecule has 40 heavy (non-hydrogen) atoms. The average Bonchev–Trinajstić information content (AvgIpc) is 3.45. The maximum Gasteiger partial charge on any atom is 0.331 e. The molecule has 0 bridgehead atoms. The van der Waals surface area contributed by atoms with Gasteiger partial charge in [0.15, 0.2) is 6.29 Å². The molecule has 4 saturated carbocycles. The molecule has 226 valence electrons. The highest BCUT2D eigenvalue weighted by Crippen LogP contribution is 2.70. The quantitative estimate of drug-likeness (QED) is 0.171. The molecule has 2 aliphatic heterocycles. The van der Waals surface area contributed by atoms with Crippen LogP contribution >= 0.6 is 0 Å². The van der Waals surface area contributed by atoms with Crippen LogP contribution in [0.5, 0.6) is 0 Å². The van der Waals surface area contributed by atoms with E-state index in [4.69, 9.17) is 14.2 Å². The van der Waals surface area contributed by atoms with Crippen molar-refractivity contribution in [3.05, 3.63) is 11.6 Å². The van der Waals surface area contributed by atoms with E-state index in [9.17, 15) is 40.5 Å². The number of fused-ring (bicyclic) bond motifs is 5. The summed E-state index contributed by atoms with van der Waals surface area (Å²) in [5.74, 6) is -0.547. The fourth-order valence-electron chi connectivity index (χ4n) is 9.92. The normalized spacial score (nSPS) is 56.1. The minimum absolute atomic E-state index is 0.0473. The Kier molecular flexibility index (Phi) is 7.01. The van der Waals surface area contributed by atoms with Crippen molar-refractivity contribution in [1.29, 1.82) is 0 Å². The molecule has 0 unspecified atom stereocenters. The third kappa shape index (κ3) is 3.85. The van der Waals surface area contributed by atoms with Crippen LogP contribution in [0.4, 0.5) is 0 Å². The van der Waals surface area contributed by atoms with Gasteiger partial charge in [-0.1, -0.05) is 13.8 Å². The maximum atomic E-state index is 12.4. The molecule has 0 radical (unpaired) electrons. The lowest BCUT2D eigenvalue weighted by Gasteiger charge is -2.67. The summed E-state index contributed by atoms with van der Waals surface area (Å²) in [5, 5.41) is 76.4. The molecule has 1 saturated heterocycles. The van der Waals surface area contributed by atoms with Crippen molar-refractivity contribution in [2.24, 2.45) is 28.6 Å². The van der Waals surface area contributed by atoms with Gasteiger partial charge in [-0.25, -0.2) is 4.79 Å². The van der Waals surface area contributed by atoms with Gasteiger partial charge in [-0.3, -0.25) is 0 Å². The maximum absolute atomic E-state index is 12.4. The van der Waals surface area contributed by atoms with Gasteiger partial charge >= 0.3 is 5.97 Å². The average molecular weight is 569 g/mol. The summed E-state index contributed by atoms with van der Waals surface area (Å²) in [6, 6.07) is 0.